The first kappa shape index (κ1) is 13.5. The Balaban J connectivity index is 4.56. The van der Waals surface area contributed by atoms with Gasteiger partial charge in [0, 0.05) is 0 Å². The molecule has 0 aliphatic carbocycles. The minimum absolute atomic E-state index is 1.28. The summed E-state index contributed by atoms with van der Waals surface area (Å²) in [7, 11) is 0. The Morgan fingerprint density at radius 2 is 1.50 bits per heavy atom. The summed E-state index contributed by atoms with van der Waals surface area (Å²) in [5, 5.41) is -3.69. The highest BCUT2D eigenvalue weighted by Gasteiger charge is 2.49. The van der Waals surface area contributed by atoms with E-state index in [1.165, 1.54) is 0 Å². The lowest BCUT2D eigenvalue weighted by molar-refractivity contribution is 0.0876. The van der Waals surface area contributed by atoms with E-state index in [0.717, 1.165) is 0 Å². The van der Waals surface area contributed by atoms with Crippen LogP contribution in [0.15, 0.2) is 0 Å². The maximum Gasteiger partial charge on any atom is 0.325 e. The second kappa shape index (κ2) is 3.96. The van der Waals surface area contributed by atoms with E-state index in [4.69, 9.17) is 45.7 Å². The van der Waals surface area contributed by atoms with Crippen molar-refractivity contribution in [3.8, 4) is 0 Å². The molecule has 0 saturated carbocycles. The van der Waals surface area contributed by atoms with Gasteiger partial charge in [0.1, 0.15) is 0 Å². The molecule has 1 nitrogen and oxygen atoms in total. The second-order valence-corrected chi connectivity index (χ2v) is 9.55. The lowest BCUT2D eigenvalue weighted by Crippen LogP contribution is -2.20. The summed E-state index contributed by atoms with van der Waals surface area (Å²) in [6, 6.07) is 0. The normalized spacial score (nSPS) is 14.9. The third-order valence-electron chi connectivity index (χ3n) is 0.794. The largest absolute Gasteiger partial charge is 0.325 e. The zero-order valence-electron chi connectivity index (χ0n) is 5.21. The Kier molecular flexibility index (Phi) is 4.47. The molecular weight excluding hydrogens is 298 g/mol. The molecule has 0 aromatic rings. The fraction of sp³-hybridized carbons (Fsp3) is 1.00. The molecule has 9 heteroatoms. The summed E-state index contributed by atoms with van der Waals surface area (Å²) in [4.78, 5) is 0. The second-order valence-electron chi connectivity index (χ2n) is 1.92. The fourth-order valence-electron chi connectivity index (χ4n) is 0.333. The summed E-state index contributed by atoms with van der Waals surface area (Å²) < 4.78 is 32.6. The van der Waals surface area contributed by atoms with Crippen molar-refractivity contribution >= 4 is 63.1 Å². The number of alkyl halides is 5. The molecule has 12 heavy (non-hydrogen) atoms. The van der Waals surface area contributed by atoms with Crippen LogP contribution in [0.5, 0.6) is 0 Å². The molecule has 0 atom stereocenters. The van der Waals surface area contributed by atoms with Crippen LogP contribution in [0.25, 0.3) is 0 Å². The first-order chi connectivity index (χ1) is 4.96. The Morgan fingerprint density at radius 1 is 1.17 bits per heavy atom. The van der Waals surface area contributed by atoms with E-state index in [1.54, 1.807) is 0 Å². The van der Waals surface area contributed by atoms with Crippen molar-refractivity contribution < 1.29 is 13.3 Å². The SMILES string of the molecule is O=P(Cl)(Cl)C(Cl)(Cl)CC(F)(F)Cl. The minimum atomic E-state index is -4.05. The van der Waals surface area contributed by atoms with Crippen molar-refractivity contribution in [2.45, 2.75) is 15.9 Å². The van der Waals surface area contributed by atoms with Crippen molar-refractivity contribution in [3.05, 3.63) is 0 Å². The van der Waals surface area contributed by atoms with Crippen molar-refractivity contribution in [1.82, 2.24) is 0 Å². The van der Waals surface area contributed by atoms with Gasteiger partial charge in [0.15, 0.2) is 0 Å². The average Bonchev–Trinajstić information content (AvgIpc) is 1.52. The van der Waals surface area contributed by atoms with Gasteiger partial charge in [-0.1, -0.05) is 23.2 Å². The molecule has 0 fully saturated rings. The third-order valence-corrected chi connectivity index (χ3v) is 6.31. The highest BCUT2D eigenvalue weighted by molar-refractivity contribution is 8.11. The summed E-state index contributed by atoms with van der Waals surface area (Å²) in [5.74, 6) is -4.05. The summed E-state index contributed by atoms with van der Waals surface area (Å²) in [5.41, 5.74) is 0. The third kappa shape index (κ3) is 4.69. The van der Waals surface area contributed by atoms with E-state index in [9.17, 15) is 13.3 Å². The van der Waals surface area contributed by atoms with Gasteiger partial charge in [-0.25, -0.2) is 0 Å². The molecule has 74 valence electrons. The van der Waals surface area contributed by atoms with Gasteiger partial charge < -0.3 is 0 Å². The zero-order valence-corrected chi connectivity index (χ0v) is 9.88. The molecule has 0 aliphatic rings. The maximum absolute atomic E-state index is 12.1. The molecule has 0 saturated heterocycles. The number of hydrogen-bond acceptors (Lipinski definition) is 1. The number of rotatable bonds is 3. The van der Waals surface area contributed by atoms with Gasteiger partial charge in [0.05, 0.1) is 6.42 Å². The van der Waals surface area contributed by atoms with Crippen LogP contribution in [0, 0.1) is 0 Å². The van der Waals surface area contributed by atoms with Gasteiger partial charge in [-0.2, -0.15) is 8.78 Å². The number of hydrogen-bond donors (Lipinski definition) is 0. The standard InChI is InChI=1S/C3H2Cl5F2OP/c4-2(5,12(7,8)11)1-3(6,9)10/h1H2. The van der Waals surface area contributed by atoms with Crippen LogP contribution in [-0.4, -0.2) is 9.46 Å². The van der Waals surface area contributed by atoms with E-state index in [0.29, 0.717) is 0 Å². The van der Waals surface area contributed by atoms with Crippen LogP contribution in [0.4, 0.5) is 8.78 Å². The van der Waals surface area contributed by atoms with E-state index >= 15 is 0 Å². The molecule has 0 aromatic heterocycles. The zero-order chi connectivity index (χ0) is 10.2. The van der Waals surface area contributed by atoms with Crippen LogP contribution >= 0.6 is 63.1 Å². The molecule has 0 spiro atoms. The Bertz CT molecular complexity index is 207. The van der Waals surface area contributed by atoms with Gasteiger partial charge in [0.25, 0.3) is 5.85 Å². The first-order valence-corrected chi connectivity index (χ1v) is 7.05. The Morgan fingerprint density at radius 3 is 1.58 bits per heavy atom. The van der Waals surface area contributed by atoms with Crippen LogP contribution in [-0.2, 0) is 4.57 Å². The van der Waals surface area contributed by atoms with Crippen molar-refractivity contribution in [2.24, 2.45) is 0 Å². The molecule has 0 radical (unpaired) electrons. The highest BCUT2D eigenvalue weighted by Crippen LogP contribution is 2.73. The monoisotopic (exact) mass is 298 g/mol. The molecule has 0 rings (SSSR count). The maximum atomic E-state index is 12.1. The van der Waals surface area contributed by atoms with Gasteiger partial charge in [-0.3, -0.25) is 4.57 Å². The quantitative estimate of drug-likeness (QED) is 0.529. The molecule has 0 aromatic carbocycles. The highest BCUT2D eigenvalue weighted by atomic mass is 35.9. The smallest absolute Gasteiger partial charge is 0.286 e. The van der Waals surface area contributed by atoms with Gasteiger partial charge in [0.2, 0.25) is 4.07 Å². The van der Waals surface area contributed by atoms with Crippen molar-refractivity contribution in [2.75, 3.05) is 0 Å². The summed E-state index contributed by atoms with van der Waals surface area (Å²) >= 11 is 24.8. The molecular formula is C3H2Cl5F2OP. The number of halogens is 7. The molecule has 0 heterocycles. The Labute approximate surface area is 92.2 Å². The van der Waals surface area contributed by atoms with E-state index < -0.39 is 21.7 Å². The predicted molar refractivity (Wildman–Crippen MR) is 49.2 cm³/mol. The van der Waals surface area contributed by atoms with Gasteiger partial charge >= 0.3 is 5.38 Å². The molecule has 0 bridgehead atoms. The average molecular weight is 300 g/mol. The predicted octanol–water partition coefficient (Wildman–Crippen LogP) is 5.01. The minimum Gasteiger partial charge on any atom is -0.286 e. The summed E-state index contributed by atoms with van der Waals surface area (Å²) in [6.45, 7) is 0. The van der Waals surface area contributed by atoms with E-state index in [2.05, 4.69) is 11.6 Å². The lowest BCUT2D eigenvalue weighted by atomic mass is 10.5. The van der Waals surface area contributed by atoms with Crippen LogP contribution in [0.3, 0.4) is 0 Å². The van der Waals surface area contributed by atoms with Crippen LogP contribution < -0.4 is 0 Å². The van der Waals surface area contributed by atoms with Crippen LogP contribution in [0.1, 0.15) is 6.42 Å². The molecule has 0 N–H and O–H groups in total. The molecule has 0 amide bonds. The molecule has 0 unspecified atom stereocenters. The van der Waals surface area contributed by atoms with Gasteiger partial charge in [-0.15, -0.1) is 0 Å². The van der Waals surface area contributed by atoms with Crippen LogP contribution in [0.2, 0.25) is 0 Å². The van der Waals surface area contributed by atoms with E-state index in [-0.39, 0.29) is 0 Å². The van der Waals surface area contributed by atoms with E-state index in [1.807, 2.05) is 0 Å². The lowest BCUT2D eigenvalue weighted by Gasteiger charge is -2.22. The molecule has 0 aliphatic heterocycles. The summed E-state index contributed by atoms with van der Waals surface area (Å²) in [6.07, 6.45) is -1.28. The van der Waals surface area contributed by atoms with Crippen molar-refractivity contribution in [3.63, 3.8) is 0 Å². The fourth-order valence-corrected chi connectivity index (χ4v) is 1.84. The van der Waals surface area contributed by atoms with Crippen molar-refractivity contribution in [1.29, 1.82) is 0 Å². The van der Waals surface area contributed by atoms with Gasteiger partial charge in [-0.05, 0) is 34.1 Å². The topological polar surface area (TPSA) is 17.1 Å². The Hall–Kier alpha value is 1.54. The first-order valence-electron chi connectivity index (χ1n) is 2.40.